The molecule has 0 saturated carbocycles. The lowest BCUT2D eigenvalue weighted by Gasteiger charge is -2.37. The maximum absolute atomic E-state index is 5.45. The Balaban J connectivity index is 0.00000220. The van der Waals surface area contributed by atoms with Crippen molar-refractivity contribution < 1.29 is 4.74 Å². The van der Waals surface area contributed by atoms with Gasteiger partial charge in [-0.15, -0.1) is 36.3 Å². The monoisotopic (exact) mass is 406 g/mol. The fourth-order valence-corrected chi connectivity index (χ4v) is 2.81. The number of terminal acetylenes is 1. The van der Waals surface area contributed by atoms with Crippen LogP contribution in [0.15, 0.2) is 4.99 Å². The van der Waals surface area contributed by atoms with Crippen molar-refractivity contribution in [1.29, 1.82) is 0 Å². The second kappa shape index (κ2) is 10.2. The Kier molecular flexibility index (Phi) is 9.04. The molecule has 0 spiro atoms. The Hall–Kier alpha value is -0.520. The maximum atomic E-state index is 5.45. The molecule has 0 aromatic rings. The van der Waals surface area contributed by atoms with Crippen LogP contribution in [0.3, 0.4) is 0 Å². The third kappa shape index (κ3) is 6.01. The number of ether oxygens (including phenoxy) is 1. The van der Waals surface area contributed by atoms with E-state index in [-0.39, 0.29) is 24.0 Å². The smallest absolute Gasteiger partial charge is 0.193 e. The van der Waals surface area contributed by atoms with Gasteiger partial charge < -0.3 is 15.0 Å². The molecule has 21 heavy (non-hydrogen) atoms. The highest BCUT2D eigenvalue weighted by Gasteiger charge is 2.23. The second-order valence-electron chi connectivity index (χ2n) is 5.45. The number of guanidine groups is 1. The lowest BCUT2D eigenvalue weighted by Crippen LogP contribution is -2.53. The van der Waals surface area contributed by atoms with Crippen molar-refractivity contribution in [3.63, 3.8) is 0 Å². The molecule has 120 valence electrons. The first-order valence-electron chi connectivity index (χ1n) is 7.52. The Morgan fingerprint density at radius 3 is 2.71 bits per heavy atom. The van der Waals surface area contributed by atoms with E-state index in [4.69, 9.17) is 11.2 Å². The zero-order valence-electron chi connectivity index (χ0n) is 12.9. The van der Waals surface area contributed by atoms with E-state index in [2.05, 4.69) is 26.0 Å². The van der Waals surface area contributed by atoms with Gasteiger partial charge in [0.15, 0.2) is 5.96 Å². The van der Waals surface area contributed by atoms with E-state index in [1.807, 2.05) is 7.05 Å². The van der Waals surface area contributed by atoms with E-state index in [0.717, 1.165) is 64.2 Å². The molecule has 1 N–H and O–H groups in total. The van der Waals surface area contributed by atoms with Gasteiger partial charge in [-0.1, -0.05) is 0 Å². The fourth-order valence-electron chi connectivity index (χ4n) is 2.81. The Labute approximate surface area is 145 Å². The fraction of sp³-hybridized carbons (Fsp3) is 0.800. The van der Waals surface area contributed by atoms with Crippen LogP contribution >= 0.6 is 24.0 Å². The maximum Gasteiger partial charge on any atom is 0.193 e. The molecule has 2 aliphatic heterocycles. The summed E-state index contributed by atoms with van der Waals surface area (Å²) < 4.78 is 5.45. The van der Waals surface area contributed by atoms with E-state index in [1.165, 1.54) is 13.0 Å². The predicted molar refractivity (Wildman–Crippen MR) is 97.2 cm³/mol. The number of piperazine rings is 1. The quantitative estimate of drug-likeness (QED) is 0.247. The van der Waals surface area contributed by atoms with Gasteiger partial charge in [-0.05, 0) is 12.3 Å². The van der Waals surface area contributed by atoms with Crippen LogP contribution in [-0.2, 0) is 4.74 Å². The molecule has 0 bridgehead atoms. The van der Waals surface area contributed by atoms with Crippen molar-refractivity contribution in [1.82, 2.24) is 15.1 Å². The first-order chi connectivity index (χ1) is 9.83. The highest BCUT2D eigenvalue weighted by Crippen LogP contribution is 2.15. The molecule has 1 atom stereocenters. The molecule has 5 nitrogen and oxygen atoms in total. The summed E-state index contributed by atoms with van der Waals surface area (Å²) in [5.74, 6) is 4.35. The summed E-state index contributed by atoms with van der Waals surface area (Å²) in [6.07, 6.45) is 7.22. The number of aliphatic imine (C=N–C) groups is 1. The first kappa shape index (κ1) is 18.5. The average Bonchev–Trinajstić information content (AvgIpc) is 2.98. The molecule has 2 fully saturated rings. The minimum absolute atomic E-state index is 0. The molecule has 0 aromatic heterocycles. The van der Waals surface area contributed by atoms with Gasteiger partial charge >= 0.3 is 0 Å². The zero-order chi connectivity index (χ0) is 14.2. The Morgan fingerprint density at radius 1 is 1.38 bits per heavy atom. The van der Waals surface area contributed by atoms with Crippen molar-refractivity contribution in [3.8, 4) is 12.3 Å². The SMILES string of the molecule is C#CCCNC(=NC)N1CCN(CC2CCOC2)CC1.I. The summed E-state index contributed by atoms with van der Waals surface area (Å²) in [4.78, 5) is 9.20. The lowest BCUT2D eigenvalue weighted by molar-refractivity contribution is 0.139. The molecule has 0 radical (unpaired) electrons. The minimum atomic E-state index is 0. The van der Waals surface area contributed by atoms with Gasteiger partial charge in [-0.25, -0.2) is 0 Å². The first-order valence-corrected chi connectivity index (χ1v) is 7.52. The number of halogens is 1. The van der Waals surface area contributed by atoms with E-state index >= 15 is 0 Å². The van der Waals surface area contributed by atoms with Crippen molar-refractivity contribution in [3.05, 3.63) is 0 Å². The van der Waals surface area contributed by atoms with Crippen molar-refractivity contribution in [2.75, 3.05) is 59.5 Å². The zero-order valence-corrected chi connectivity index (χ0v) is 15.2. The molecule has 0 aromatic carbocycles. The molecular weight excluding hydrogens is 379 g/mol. The molecule has 2 saturated heterocycles. The minimum Gasteiger partial charge on any atom is -0.381 e. The van der Waals surface area contributed by atoms with Crippen LogP contribution in [0.5, 0.6) is 0 Å². The molecular formula is C15H27IN4O. The van der Waals surface area contributed by atoms with Crippen LogP contribution < -0.4 is 5.32 Å². The molecule has 2 aliphatic rings. The Morgan fingerprint density at radius 2 is 2.14 bits per heavy atom. The van der Waals surface area contributed by atoms with Crippen LogP contribution in [0.25, 0.3) is 0 Å². The topological polar surface area (TPSA) is 40.1 Å². The normalized spacial score (nSPS) is 23.5. The van der Waals surface area contributed by atoms with E-state index in [1.54, 1.807) is 0 Å². The third-order valence-corrected chi connectivity index (χ3v) is 3.98. The molecule has 0 amide bonds. The largest absolute Gasteiger partial charge is 0.381 e. The number of hydrogen-bond donors (Lipinski definition) is 1. The molecule has 1 unspecified atom stereocenters. The van der Waals surface area contributed by atoms with Crippen LogP contribution in [0.1, 0.15) is 12.8 Å². The van der Waals surface area contributed by atoms with Crippen molar-refractivity contribution >= 4 is 29.9 Å². The van der Waals surface area contributed by atoms with Crippen molar-refractivity contribution in [2.45, 2.75) is 12.8 Å². The number of hydrogen-bond acceptors (Lipinski definition) is 3. The summed E-state index contributed by atoms with van der Waals surface area (Å²) >= 11 is 0. The average molecular weight is 406 g/mol. The van der Waals surface area contributed by atoms with Gasteiger partial charge in [0, 0.05) is 59.3 Å². The van der Waals surface area contributed by atoms with Crippen LogP contribution in [-0.4, -0.2) is 75.3 Å². The highest BCUT2D eigenvalue weighted by molar-refractivity contribution is 14.0. The summed E-state index contributed by atoms with van der Waals surface area (Å²) in [5.41, 5.74) is 0. The highest BCUT2D eigenvalue weighted by atomic mass is 127. The molecule has 2 heterocycles. The van der Waals surface area contributed by atoms with Gasteiger partial charge in [-0.3, -0.25) is 9.89 Å². The summed E-state index contributed by atoms with van der Waals surface area (Å²) in [6, 6.07) is 0. The molecule has 6 heteroatoms. The summed E-state index contributed by atoms with van der Waals surface area (Å²) in [5, 5.41) is 3.32. The van der Waals surface area contributed by atoms with Crippen LogP contribution in [0.4, 0.5) is 0 Å². The number of nitrogens with one attached hydrogen (secondary N) is 1. The van der Waals surface area contributed by atoms with Gasteiger partial charge in [0.2, 0.25) is 0 Å². The Bertz CT molecular complexity index is 355. The number of rotatable bonds is 4. The van der Waals surface area contributed by atoms with Gasteiger partial charge in [0.25, 0.3) is 0 Å². The second-order valence-corrected chi connectivity index (χ2v) is 5.45. The number of nitrogens with zero attached hydrogens (tertiary/aromatic N) is 3. The van der Waals surface area contributed by atoms with E-state index < -0.39 is 0 Å². The van der Waals surface area contributed by atoms with Crippen LogP contribution in [0, 0.1) is 18.3 Å². The van der Waals surface area contributed by atoms with Gasteiger partial charge in [0.1, 0.15) is 0 Å². The van der Waals surface area contributed by atoms with E-state index in [0.29, 0.717) is 0 Å². The molecule has 0 aliphatic carbocycles. The standard InChI is InChI=1S/C15H26N4O.HI/c1-3-4-6-17-15(16-2)19-9-7-18(8-10-19)12-14-5-11-20-13-14;/h1,14H,4-13H2,2H3,(H,16,17);1H. The summed E-state index contributed by atoms with van der Waals surface area (Å²) in [6.45, 7) is 8.12. The van der Waals surface area contributed by atoms with Gasteiger partial charge in [-0.2, -0.15) is 0 Å². The van der Waals surface area contributed by atoms with Gasteiger partial charge in [0.05, 0.1) is 6.61 Å². The van der Waals surface area contributed by atoms with Crippen LogP contribution in [0.2, 0.25) is 0 Å². The lowest BCUT2D eigenvalue weighted by atomic mass is 10.1. The van der Waals surface area contributed by atoms with E-state index in [9.17, 15) is 0 Å². The molecule has 2 rings (SSSR count). The van der Waals surface area contributed by atoms with Crippen molar-refractivity contribution in [2.24, 2.45) is 10.9 Å². The predicted octanol–water partition coefficient (Wildman–Crippen LogP) is 0.857. The third-order valence-electron chi connectivity index (χ3n) is 3.98. The summed E-state index contributed by atoms with van der Waals surface area (Å²) in [7, 11) is 1.83.